The van der Waals surface area contributed by atoms with Crippen molar-refractivity contribution in [3.05, 3.63) is 83.9 Å². The molecule has 1 unspecified atom stereocenters. The molecule has 2 aromatic carbocycles. The highest BCUT2D eigenvalue weighted by Gasteiger charge is 2.21. The zero-order valence-corrected chi connectivity index (χ0v) is 15.6. The van der Waals surface area contributed by atoms with Crippen LogP contribution in [-0.4, -0.2) is 28.6 Å². The van der Waals surface area contributed by atoms with Gasteiger partial charge in [-0.3, -0.25) is 15.1 Å². The Labute approximate surface area is 166 Å². The molecule has 144 valence electrons. The average molecular weight is 386 g/mol. The number of H-pyrrole nitrogens is 1. The van der Waals surface area contributed by atoms with Crippen LogP contribution in [0.2, 0.25) is 0 Å². The summed E-state index contributed by atoms with van der Waals surface area (Å²) in [5, 5.41) is 7.82. The molecule has 1 atom stereocenters. The number of aromatic amines is 1. The second kappa shape index (κ2) is 7.14. The van der Waals surface area contributed by atoms with Gasteiger partial charge in [-0.05, 0) is 29.3 Å². The van der Waals surface area contributed by atoms with Crippen LogP contribution in [0, 0.1) is 5.82 Å². The van der Waals surface area contributed by atoms with Gasteiger partial charge in [0.05, 0.1) is 17.2 Å². The fraction of sp³-hybridized carbons (Fsp3) is 0.130. The molecule has 1 amide bonds. The van der Waals surface area contributed by atoms with Gasteiger partial charge < -0.3 is 10.3 Å². The lowest BCUT2D eigenvalue weighted by Gasteiger charge is -2.25. The van der Waals surface area contributed by atoms with E-state index in [1.165, 1.54) is 17.7 Å². The van der Waals surface area contributed by atoms with E-state index in [9.17, 15) is 9.18 Å². The van der Waals surface area contributed by atoms with E-state index in [0.717, 1.165) is 16.5 Å². The Bertz CT molecular complexity index is 1250. The summed E-state index contributed by atoms with van der Waals surface area (Å²) in [5.41, 5.74) is 4.24. The van der Waals surface area contributed by atoms with Gasteiger partial charge >= 0.3 is 0 Å². The number of hydrogen-bond acceptors (Lipinski definition) is 3. The lowest BCUT2D eigenvalue weighted by atomic mass is 9.98. The minimum absolute atomic E-state index is 0.181. The molecule has 2 aromatic heterocycles. The Kier molecular flexibility index (Phi) is 4.33. The highest BCUT2D eigenvalue weighted by Crippen LogP contribution is 2.28. The van der Waals surface area contributed by atoms with Gasteiger partial charge in [-0.1, -0.05) is 36.4 Å². The van der Waals surface area contributed by atoms with Crippen LogP contribution in [0.1, 0.15) is 22.3 Å². The quantitative estimate of drug-likeness (QED) is 0.499. The largest absolute Gasteiger partial charge is 0.354 e. The standard InChI is InChI=1S/C23H19FN4O/c24-16-6-7-20-17(11-16)18-12-25-13-19(22(18)27-20)23(29)28-21-10-15(8-9-26-21)14-4-2-1-3-5-14/h1-8,11-13,21,26-27H,9-10H2,(H,28,29). The number of fused-ring (bicyclic) bond motifs is 3. The maximum atomic E-state index is 13.7. The van der Waals surface area contributed by atoms with Gasteiger partial charge in [0.2, 0.25) is 0 Å². The summed E-state index contributed by atoms with van der Waals surface area (Å²) in [7, 11) is 0. The molecule has 5 rings (SSSR count). The van der Waals surface area contributed by atoms with E-state index in [4.69, 9.17) is 0 Å². The normalized spacial score (nSPS) is 16.7. The molecule has 5 nitrogen and oxygen atoms in total. The Hall–Kier alpha value is -3.51. The molecule has 0 fully saturated rings. The minimum atomic E-state index is -0.320. The fourth-order valence-corrected chi connectivity index (χ4v) is 3.88. The number of nitrogens with zero attached hydrogens (tertiary/aromatic N) is 1. The van der Waals surface area contributed by atoms with Crippen molar-refractivity contribution in [2.45, 2.75) is 12.6 Å². The number of halogens is 1. The van der Waals surface area contributed by atoms with E-state index in [0.29, 0.717) is 29.4 Å². The second-order valence-electron chi connectivity index (χ2n) is 7.16. The average Bonchev–Trinajstić information content (AvgIpc) is 3.12. The summed E-state index contributed by atoms with van der Waals surface area (Å²) in [4.78, 5) is 20.4. The van der Waals surface area contributed by atoms with Crippen LogP contribution in [0.5, 0.6) is 0 Å². The molecule has 0 spiro atoms. The van der Waals surface area contributed by atoms with Crippen molar-refractivity contribution in [1.82, 2.24) is 20.6 Å². The summed E-state index contributed by atoms with van der Waals surface area (Å²) < 4.78 is 13.7. The summed E-state index contributed by atoms with van der Waals surface area (Å²) in [6, 6.07) is 14.7. The van der Waals surface area contributed by atoms with Gasteiger partial charge in [-0.2, -0.15) is 0 Å². The monoisotopic (exact) mass is 386 g/mol. The molecule has 0 radical (unpaired) electrons. The zero-order chi connectivity index (χ0) is 19.8. The van der Waals surface area contributed by atoms with E-state index >= 15 is 0 Å². The lowest BCUT2D eigenvalue weighted by molar-refractivity contribution is 0.0931. The molecule has 0 bridgehead atoms. The van der Waals surface area contributed by atoms with E-state index in [1.54, 1.807) is 18.5 Å². The zero-order valence-electron chi connectivity index (χ0n) is 15.6. The Balaban J connectivity index is 1.42. The van der Waals surface area contributed by atoms with E-state index in [1.807, 2.05) is 18.2 Å². The third kappa shape index (κ3) is 3.28. The fourth-order valence-electron chi connectivity index (χ4n) is 3.88. The number of carbonyl (C=O) groups is 1. The maximum Gasteiger partial charge on any atom is 0.256 e. The highest BCUT2D eigenvalue weighted by atomic mass is 19.1. The predicted octanol–water partition coefficient (Wildman–Crippen LogP) is 3.99. The number of pyridine rings is 1. The summed E-state index contributed by atoms with van der Waals surface area (Å²) in [6.45, 7) is 0.684. The molecule has 4 aromatic rings. The summed E-state index contributed by atoms with van der Waals surface area (Å²) >= 11 is 0. The second-order valence-corrected chi connectivity index (χ2v) is 7.16. The molecule has 1 aliphatic heterocycles. The van der Waals surface area contributed by atoms with Crippen molar-refractivity contribution in [2.75, 3.05) is 6.54 Å². The molecular weight excluding hydrogens is 367 g/mol. The Morgan fingerprint density at radius 2 is 1.97 bits per heavy atom. The van der Waals surface area contributed by atoms with Gasteiger partial charge in [-0.15, -0.1) is 0 Å². The first-order valence-corrected chi connectivity index (χ1v) is 9.53. The van der Waals surface area contributed by atoms with Crippen molar-refractivity contribution >= 4 is 33.3 Å². The molecule has 1 aliphatic rings. The van der Waals surface area contributed by atoms with Gasteiger partial charge in [-0.25, -0.2) is 4.39 Å². The number of rotatable bonds is 3. The van der Waals surface area contributed by atoms with Crippen molar-refractivity contribution in [3.8, 4) is 0 Å². The SMILES string of the molecule is O=C(NC1CC(c2ccccc2)=CCN1)c1cncc2c1[nH]c1ccc(F)cc12. The lowest BCUT2D eigenvalue weighted by Crippen LogP contribution is -2.47. The third-order valence-corrected chi connectivity index (χ3v) is 5.31. The molecule has 3 N–H and O–H groups in total. The first-order valence-electron chi connectivity index (χ1n) is 9.53. The van der Waals surface area contributed by atoms with Crippen LogP contribution >= 0.6 is 0 Å². The molecule has 3 heterocycles. The smallest absolute Gasteiger partial charge is 0.256 e. The molecular formula is C23H19FN4O. The number of aromatic nitrogens is 2. The third-order valence-electron chi connectivity index (χ3n) is 5.31. The molecule has 0 saturated carbocycles. The van der Waals surface area contributed by atoms with E-state index < -0.39 is 0 Å². The van der Waals surface area contributed by atoms with Gasteiger partial charge in [0.15, 0.2) is 0 Å². The first-order chi connectivity index (χ1) is 14.2. The topological polar surface area (TPSA) is 69.8 Å². The van der Waals surface area contributed by atoms with Crippen molar-refractivity contribution < 1.29 is 9.18 Å². The number of carbonyl (C=O) groups excluding carboxylic acids is 1. The molecule has 0 aliphatic carbocycles. The van der Waals surface area contributed by atoms with Crippen LogP contribution in [0.3, 0.4) is 0 Å². The van der Waals surface area contributed by atoms with Gasteiger partial charge in [0.25, 0.3) is 5.91 Å². The molecule has 29 heavy (non-hydrogen) atoms. The van der Waals surface area contributed by atoms with E-state index in [-0.39, 0.29) is 17.9 Å². The maximum absolute atomic E-state index is 13.7. The Morgan fingerprint density at radius 1 is 1.10 bits per heavy atom. The van der Waals surface area contributed by atoms with Crippen LogP contribution in [0.15, 0.2) is 67.0 Å². The van der Waals surface area contributed by atoms with Crippen molar-refractivity contribution in [3.63, 3.8) is 0 Å². The Morgan fingerprint density at radius 3 is 2.83 bits per heavy atom. The highest BCUT2D eigenvalue weighted by molar-refractivity contribution is 6.14. The van der Waals surface area contributed by atoms with Gasteiger partial charge in [0, 0.05) is 41.6 Å². The molecule has 6 heteroatoms. The number of amides is 1. The van der Waals surface area contributed by atoms with Gasteiger partial charge in [0.1, 0.15) is 5.82 Å². The molecule has 0 saturated heterocycles. The number of hydrogen-bond donors (Lipinski definition) is 3. The van der Waals surface area contributed by atoms with Crippen molar-refractivity contribution in [1.29, 1.82) is 0 Å². The van der Waals surface area contributed by atoms with Crippen LogP contribution in [0.25, 0.3) is 27.4 Å². The number of nitrogens with one attached hydrogen (secondary N) is 3. The van der Waals surface area contributed by atoms with Crippen LogP contribution < -0.4 is 10.6 Å². The van der Waals surface area contributed by atoms with Crippen molar-refractivity contribution in [2.24, 2.45) is 0 Å². The van der Waals surface area contributed by atoms with Crippen LogP contribution in [-0.2, 0) is 0 Å². The predicted molar refractivity (Wildman–Crippen MR) is 112 cm³/mol. The van der Waals surface area contributed by atoms with E-state index in [2.05, 4.69) is 38.8 Å². The minimum Gasteiger partial charge on any atom is -0.354 e. The summed E-state index contributed by atoms with van der Waals surface area (Å²) in [5.74, 6) is -0.540. The first kappa shape index (κ1) is 17.6. The summed E-state index contributed by atoms with van der Waals surface area (Å²) in [6.07, 6.45) is 5.85. The number of benzene rings is 2. The van der Waals surface area contributed by atoms with Crippen LogP contribution in [0.4, 0.5) is 4.39 Å².